The van der Waals surface area contributed by atoms with Crippen LogP contribution in [0.1, 0.15) is 34.1 Å². The third-order valence-electron chi connectivity index (χ3n) is 13.0. The number of carbonyl (C=O) groups excluding carboxylic acids is 3. The Morgan fingerprint density at radius 3 is 1.01 bits per heavy atom. The molecule has 9 rings (SSSR count). The van der Waals surface area contributed by atoms with Gasteiger partial charge < -0.3 is 42.6 Å². The number of hydrogen-bond donors (Lipinski definition) is 0. The van der Waals surface area contributed by atoms with Crippen LogP contribution in [0.4, 0.5) is 0 Å². The van der Waals surface area contributed by atoms with Crippen LogP contribution in [0.25, 0.3) is 60.5 Å². The van der Waals surface area contributed by atoms with Crippen molar-refractivity contribution in [1.82, 2.24) is 0 Å². The van der Waals surface area contributed by atoms with Crippen LogP contribution in [0, 0.1) is 5.41 Å². The van der Waals surface area contributed by atoms with Crippen LogP contribution < -0.4 is 30.5 Å². The lowest BCUT2D eigenvalue weighted by molar-refractivity contribution is -0.158. The zero-order valence-corrected chi connectivity index (χ0v) is 48.9. The maximum atomic E-state index is 13.3. The Morgan fingerprint density at radius 2 is 0.728 bits per heavy atom. The van der Waals surface area contributed by atoms with Crippen LogP contribution in [0.5, 0.6) is 17.2 Å². The average Bonchev–Trinajstić information content (AvgIpc) is 3.63. The molecule has 3 atom stereocenters. The van der Waals surface area contributed by atoms with E-state index in [0.29, 0.717) is 70.1 Å². The normalized spacial score (nSPS) is 13.5. The summed E-state index contributed by atoms with van der Waals surface area (Å²) in [6, 6.07) is 31.0. The van der Waals surface area contributed by atoms with E-state index in [1.807, 2.05) is 43.3 Å². The van der Waals surface area contributed by atoms with E-state index in [1.54, 1.807) is 93.6 Å². The first-order valence-electron chi connectivity index (χ1n) is 25.6. The number of carbonyl (C=O) groups is 3. The number of esters is 3. The summed E-state index contributed by atoms with van der Waals surface area (Å²) in [4.78, 5) is 79.4. The zero-order valence-electron chi connectivity index (χ0n) is 44.2. The summed E-state index contributed by atoms with van der Waals surface area (Å²) in [7, 11) is 0. The second-order valence-corrected chi connectivity index (χ2v) is 23.6. The third kappa shape index (κ3) is 13.9. The molecule has 21 heteroatoms. The molecule has 0 N–H and O–H groups in total. The standard InChI is InChI=1S/C60H53Cl3O15S3/c1-5-60(30-70-24-33(2)76-48(64)27-73-42-21-18-39(61)51-54(67)36-12-6-9-15-45(36)79-57(42)51,31-71-25-34(3)77-49(65)28-74-43-22-19-40(62)52-55(68)37-13-7-10-16-46(37)80-58(43)52)32-72-26-35(4)78-50(66)29-75-44-23-20-41(63)53-56(69)38-14-8-11-17-47(38)81-59(44)53/h6-23,33-35H,5,24-32H2,1-4H3. The van der Waals surface area contributed by atoms with Gasteiger partial charge in [0, 0.05) is 35.7 Å². The molecule has 0 saturated heterocycles. The highest BCUT2D eigenvalue weighted by molar-refractivity contribution is 7.25. The first-order chi connectivity index (χ1) is 39.0. The van der Waals surface area contributed by atoms with Crippen molar-refractivity contribution in [2.24, 2.45) is 5.41 Å². The zero-order chi connectivity index (χ0) is 57.4. The molecule has 0 amide bonds. The lowest BCUT2D eigenvalue weighted by atomic mass is 9.88. The van der Waals surface area contributed by atoms with Crippen molar-refractivity contribution < 1.29 is 57.0 Å². The van der Waals surface area contributed by atoms with Crippen molar-refractivity contribution in [3.05, 3.63) is 155 Å². The third-order valence-corrected chi connectivity index (χ3v) is 17.5. The maximum absolute atomic E-state index is 13.3. The summed E-state index contributed by atoms with van der Waals surface area (Å²) in [5, 5.41) is 3.34. The molecule has 81 heavy (non-hydrogen) atoms. The fourth-order valence-electron chi connectivity index (χ4n) is 8.90. The van der Waals surface area contributed by atoms with E-state index in [1.165, 1.54) is 34.0 Å². The number of fused-ring (bicyclic) bond motifs is 6. The number of halogens is 3. The van der Waals surface area contributed by atoms with Gasteiger partial charge in [0.1, 0.15) is 35.6 Å². The molecule has 0 fully saturated rings. The first kappa shape index (κ1) is 59.2. The maximum Gasteiger partial charge on any atom is 0.344 e. The Morgan fingerprint density at radius 1 is 0.444 bits per heavy atom. The molecule has 15 nitrogen and oxygen atoms in total. The predicted octanol–water partition coefficient (Wildman–Crippen LogP) is 12.6. The molecule has 3 aromatic heterocycles. The molecule has 6 aromatic carbocycles. The van der Waals surface area contributed by atoms with Gasteiger partial charge in [-0.05, 0) is 100.0 Å². The molecule has 0 spiro atoms. The quantitative estimate of drug-likeness (QED) is 0.0299. The molecule has 0 radical (unpaired) electrons. The Bertz CT molecular complexity index is 3610. The molecule has 0 aliphatic carbocycles. The number of ether oxygens (including phenoxy) is 9. The molecule has 422 valence electrons. The minimum atomic E-state index is -0.809. The Hall–Kier alpha value is -6.45. The molecule has 0 aliphatic rings. The van der Waals surface area contributed by atoms with Crippen LogP contribution in [0.2, 0.25) is 15.1 Å². The van der Waals surface area contributed by atoms with E-state index in [4.69, 9.17) is 77.4 Å². The molecular formula is C60H53Cl3O15S3. The summed E-state index contributed by atoms with van der Waals surface area (Å²) in [6.45, 7) is 5.77. The lowest BCUT2D eigenvalue weighted by Gasteiger charge is -2.33. The summed E-state index contributed by atoms with van der Waals surface area (Å²) in [5.41, 5.74) is -1.51. The molecule has 3 unspecified atom stereocenters. The minimum Gasteiger partial charge on any atom is -0.480 e. The van der Waals surface area contributed by atoms with Gasteiger partial charge in [-0.25, -0.2) is 14.4 Å². The van der Waals surface area contributed by atoms with Gasteiger partial charge in [0.25, 0.3) is 0 Å². The predicted molar refractivity (Wildman–Crippen MR) is 320 cm³/mol. The summed E-state index contributed by atoms with van der Waals surface area (Å²) >= 11 is 23.4. The molecule has 3 heterocycles. The highest BCUT2D eigenvalue weighted by atomic mass is 35.5. The van der Waals surface area contributed by atoms with E-state index in [2.05, 4.69) is 0 Å². The van der Waals surface area contributed by atoms with Gasteiger partial charge in [-0.1, -0.05) is 78.1 Å². The highest BCUT2D eigenvalue weighted by Gasteiger charge is 2.32. The molecule has 0 aliphatic heterocycles. The smallest absolute Gasteiger partial charge is 0.344 e. The summed E-state index contributed by atoms with van der Waals surface area (Å²) in [5.74, 6) is -1.07. The van der Waals surface area contributed by atoms with Gasteiger partial charge in [0.2, 0.25) is 0 Å². The number of benzene rings is 6. The van der Waals surface area contributed by atoms with E-state index in [0.717, 1.165) is 14.1 Å². The van der Waals surface area contributed by atoms with Crippen LogP contribution >= 0.6 is 68.8 Å². The minimum absolute atomic E-state index is 0.0149. The van der Waals surface area contributed by atoms with Crippen LogP contribution in [-0.2, 0) is 42.8 Å². The molecular weight excluding hydrogens is 1160 g/mol. The fraction of sp³-hybridized carbons (Fsp3) is 0.300. The van der Waals surface area contributed by atoms with Gasteiger partial charge in [-0.3, -0.25) is 14.4 Å². The fourth-order valence-corrected chi connectivity index (χ4v) is 13.3. The van der Waals surface area contributed by atoms with Gasteiger partial charge in [0.05, 0.1) is 85.0 Å². The Labute approximate surface area is 490 Å². The van der Waals surface area contributed by atoms with Crippen LogP contribution in [0.15, 0.2) is 124 Å². The Kier molecular flexibility index (Phi) is 19.5. The van der Waals surface area contributed by atoms with E-state index in [9.17, 15) is 28.8 Å². The molecule has 9 aromatic rings. The lowest BCUT2D eigenvalue weighted by Crippen LogP contribution is -2.39. The molecule has 0 saturated carbocycles. The van der Waals surface area contributed by atoms with Crippen molar-refractivity contribution >= 4 is 147 Å². The SMILES string of the molecule is CCC(COCC(C)OC(=O)COc1ccc(Cl)c2c(=O)c3ccccc3sc12)(COCC(C)OC(=O)COc1ccc(Cl)c2c(=O)c3ccccc3sc12)COCC(C)OC(=O)COc1ccc(Cl)c2c(=O)c3ccccc3sc12. The van der Waals surface area contributed by atoms with Gasteiger partial charge in [-0.15, -0.1) is 34.0 Å². The van der Waals surface area contributed by atoms with Crippen molar-refractivity contribution in [2.75, 3.05) is 59.5 Å². The number of hydrogen-bond acceptors (Lipinski definition) is 18. The average molecular weight is 1220 g/mol. The van der Waals surface area contributed by atoms with E-state index >= 15 is 0 Å². The van der Waals surface area contributed by atoms with Crippen molar-refractivity contribution in [2.45, 2.75) is 52.4 Å². The molecule has 0 bridgehead atoms. The Balaban J connectivity index is 0.797. The monoisotopic (exact) mass is 1210 g/mol. The van der Waals surface area contributed by atoms with Crippen LogP contribution in [0.3, 0.4) is 0 Å². The van der Waals surface area contributed by atoms with Crippen molar-refractivity contribution in [3.63, 3.8) is 0 Å². The van der Waals surface area contributed by atoms with E-state index in [-0.39, 0.29) is 71.0 Å². The largest absolute Gasteiger partial charge is 0.480 e. The topological polar surface area (TPSA) is 185 Å². The summed E-state index contributed by atoms with van der Waals surface area (Å²) < 4.78 is 56.9. The van der Waals surface area contributed by atoms with Gasteiger partial charge >= 0.3 is 17.9 Å². The second kappa shape index (κ2) is 26.6. The first-order valence-corrected chi connectivity index (χ1v) is 29.2. The second-order valence-electron chi connectivity index (χ2n) is 19.2. The number of rotatable bonds is 25. The summed E-state index contributed by atoms with van der Waals surface area (Å²) in [6.07, 6.45) is -1.68. The van der Waals surface area contributed by atoms with Crippen molar-refractivity contribution in [1.29, 1.82) is 0 Å². The van der Waals surface area contributed by atoms with Crippen molar-refractivity contribution in [3.8, 4) is 17.2 Å². The van der Waals surface area contributed by atoms with Crippen LogP contribution in [-0.4, -0.2) is 95.7 Å². The highest BCUT2D eigenvalue weighted by Crippen LogP contribution is 2.39. The van der Waals surface area contributed by atoms with Gasteiger partial charge in [-0.2, -0.15) is 0 Å². The van der Waals surface area contributed by atoms with Gasteiger partial charge in [0.15, 0.2) is 36.1 Å². The van der Waals surface area contributed by atoms with E-state index < -0.39 is 61.5 Å².